The molecule has 1 aromatic carbocycles. The van der Waals surface area contributed by atoms with Crippen LogP contribution in [-0.2, 0) is 5.33 Å². The number of hydrogen-bond acceptors (Lipinski definition) is 0. The summed E-state index contributed by atoms with van der Waals surface area (Å²) in [7, 11) is 0. The zero-order chi connectivity index (χ0) is 11.7. The van der Waals surface area contributed by atoms with Crippen molar-refractivity contribution < 1.29 is 8.78 Å². The molecule has 0 heterocycles. The van der Waals surface area contributed by atoms with E-state index in [1.807, 2.05) is 0 Å². The minimum atomic E-state index is -0.794. The van der Waals surface area contributed by atoms with Crippen molar-refractivity contribution in [2.24, 2.45) is 0 Å². The monoisotopic (exact) mass is 278 g/mol. The van der Waals surface area contributed by atoms with Crippen molar-refractivity contribution in [3.8, 4) is 0 Å². The Morgan fingerprint density at radius 1 is 1.13 bits per heavy atom. The van der Waals surface area contributed by atoms with Crippen LogP contribution in [0.2, 0.25) is 0 Å². The maximum Gasteiger partial charge on any atom is 0.162 e. The molecule has 0 amide bonds. The molecule has 3 heteroatoms. The van der Waals surface area contributed by atoms with Crippen LogP contribution in [0.25, 0.3) is 0 Å². The molecule has 0 saturated carbocycles. The fraction of sp³-hybridized carbons (Fsp3) is 0.500. The topological polar surface area (TPSA) is 0 Å². The Labute approximate surface area is 98.8 Å². The average Bonchev–Trinajstić information content (AvgIpc) is 2.24. The lowest BCUT2D eigenvalue weighted by Gasteiger charge is -1.96. The van der Waals surface area contributed by atoms with Crippen molar-refractivity contribution >= 4 is 15.9 Å². The molecule has 0 fully saturated rings. The second-order valence-corrected chi connectivity index (χ2v) is 3.76. The van der Waals surface area contributed by atoms with Crippen molar-refractivity contribution in [1.29, 1.82) is 0 Å². The molecule has 0 aliphatic heterocycles. The summed E-state index contributed by atoms with van der Waals surface area (Å²) in [5.41, 5.74) is 0.347. The average molecular weight is 279 g/mol. The molecular weight excluding hydrogens is 262 g/mol. The Morgan fingerprint density at radius 3 is 2.07 bits per heavy atom. The highest BCUT2D eigenvalue weighted by molar-refractivity contribution is 9.08. The fourth-order valence-electron chi connectivity index (χ4n) is 1.01. The Kier molecular flexibility index (Phi) is 8.58. The number of benzene rings is 1. The molecule has 0 aromatic heterocycles. The van der Waals surface area contributed by atoms with Gasteiger partial charge < -0.3 is 0 Å². The summed E-state index contributed by atoms with van der Waals surface area (Å²) >= 11 is 3.04. The third-order valence-corrected chi connectivity index (χ3v) is 2.49. The van der Waals surface area contributed by atoms with Gasteiger partial charge in [0, 0.05) is 10.9 Å². The lowest BCUT2D eigenvalue weighted by Crippen LogP contribution is -1.89. The highest BCUT2D eigenvalue weighted by Crippen LogP contribution is 2.13. The lowest BCUT2D eigenvalue weighted by atomic mass is 10.2. The zero-order valence-corrected chi connectivity index (χ0v) is 10.8. The van der Waals surface area contributed by atoms with Crippen molar-refractivity contribution in [2.75, 3.05) is 0 Å². The van der Waals surface area contributed by atoms with Gasteiger partial charge in [-0.3, -0.25) is 0 Å². The predicted molar refractivity (Wildman–Crippen MR) is 64.2 cm³/mol. The van der Waals surface area contributed by atoms with Gasteiger partial charge in [0.05, 0.1) is 0 Å². The highest BCUT2D eigenvalue weighted by atomic mass is 79.9. The number of rotatable bonds is 3. The van der Waals surface area contributed by atoms with Gasteiger partial charge in [0.25, 0.3) is 0 Å². The summed E-state index contributed by atoms with van der Waals surface area (Å²) in [6.07, 6.45) is 4.08. The summed E-state index contributed by atoms with van der Waals surface area (Å²) in [5, 5.41) is 0.344. The van der Waals surface area contributed by atoms with Gasteiger partial charge in [0.2, 0.25) is 0 Å². The molecule has 1 rings (SSSR count). The van der Waals surface area contributed by atoms with Crippen molar-refractivity contribution in [3.63, 3.8) is 0 Å². The summed E-state index contributed by atoms with van der Waals surface area (Å²) < 4.78 is 25.0. The third-order valence-electron chi connectivity index (χ3n) is 1.88. The molecular formula is C12H17BrF2. The maximum atomic E-state index is 12.6. The molecule has 0 unspecified atom stereocenters. The molecule has 0 radical (unpaired) electrons. The van der Waals surface area contributed by atoms with Crippen molar-refractivity contribution in [2.45, 2.75) is 38.4 Å². The van der Waals surface area contributed by atoms with Crippen molar-refractivity contribution in [1.82, 2.24) is 0 Å². The molecule has 0 aliphatic rings. The second-order valence-electron chi connectivity index (χ2n) is 3.20. The second kappa shape index (κ2) is 8.84. The molecule has 0 aliphatic carbocycles. The van der Waals surface area contributed by atoms with Gasteiger partial charge in [0.15, 0.2) is 11.6 Å². The van der Waals surface area contributed by atoms with Crippen LogP contribution >= 0.6 is 15.9 Å². The molecule has 0 bridgehead atoms. The van der Waals surface area contributed by atoms with Gasteiger partial charge in [0.1, 0.15) is 0 Å². The van der Waals surface area contributed by atoms with Gasteiger partial charge in [-0.05, 0) is 6.07 Å². The predicted octanol–water partition coefficient (Wildman–Crippen LogP) is 5.06. The quantitative estimate of drug-likeness (QED) is 0.679. The van der Waals surface area contributed by atoms with E-state index in [1.54, 1.807) is 0 Å². The van der Waals surface area contributed by atoms with Crippen LogP contribution in [0.15, 0.2) is 18.2 Å². The molecule has 15 heavy (non-hydrogen) atoms. The van der Waals surface area contributed by atoms with Crippen LogP contribution in [0.5, 0.6) is 0 Å². The molecule has 0 nitrogen and oxygen atoms in total. The third kappa shape index (κ3) is 5.88. The first kappa shape index (κ1) is 14.6. The zero-order valence-electron chi connectivity index (χ0n) is 9.19. The van der Waals surface area contributed by atoms with Gasteiger partial charge in [-0.25, -0.2) is 8.78 Å². The van der Waals surface area contributed by atoms with Gasteiger partial charge >= 0.3 is 0 Å². The van der Waals surface area contributed by atoms with E-state index in [0.717, 1.165) is 6.07 Å². The summed E-state index contributed by atoms with van der Waals surface area (Å²) in [6, 6.07) is 4.11. The first-order chi connectivity index (χ1) is 7.17. The lowest BCUT2D eigenvalue weighted by molar-refractivity contribution is 0.502. The minimum absolute atomic E-state index is 0.344. The number of alkyl halides is 1. The minimum Gasteiger partial charge on any atom is -0.204 e. The first-order valence-electron chi connectivity index (χ1n) is 5.16. The molecule has 0 saturated heterocycles. The SMILES string of the molecule is CCCCC.Fc1cccc(CBr)c1F. The largest absolute Gasteiger partial charge is 0.204 e. The van der Waals surface area contributed by atoms with E-state index < -0.39 is 11.6 Å². The van der Waals surface area contributed by atoms with E-state index in [2.05, 4.69) is 29.8 Å². The normalized spacial score (nSPS) is 9.40. The Balaban J connectivity index is 0.000000336. The fourth-order valence-corrected chi connectivity index (χ4v) is 1.44. The van der Waals surface area contributed by atoms with Gasteiger partial charge in [-0.15, -0.1) is 0 Å². The van der Waals surface area contributed by atoms with E-state index in [1.165, 1.54) is 31.4 Å². The molecule has 0 spiro atoms. The van der Waals surface area contributed by atoms with Gasteiger partial charge in [-0.2, -0.15) is 0 Å². The van der Waals surface area contributed by atoms with Crippen LogP contribution in [-0.4, -0.2) is 0 Å². The summed E-state index contributed by atoms with van der Waals surface area (Å²) in [6.45, 7) is 4.42. The highest BCUT2D eigenvalue weighted by Gasteiger charge is 2.04. The summed E-state index contributed by atoms with van der Waals surface area (Å²) in [4.78, 5) is 0. The Morgan fingerprint density at radius 2 is 1.73 bits per heavy atom. The number of unbranched alkanes of at least 4 members (excludes halogenated alkanes) is 2. The van der Waals surface area contributed by atoms with Crippen LogP contribution in [0.3, 0.4) is 0 Å². The van der Waals surface area contributed by atoms with E-state index >= 15 is 0 Å². The smallest absolute Gasteiger partial charge is 0.162 e. The molecule has 0 atom stereocenters. The van der Waals surface area contributed by atoms with Gasteiger partial charge in [-0.1, -0.05) is 61.2 Å². The van der Waals surface area contributed by atoms with E-state index in [9.17, 15) is 8.78 Å². The molecule has 86 valence electrons. The molecule has 1 aromatic rings. The first-order valence-corrected chi connectivity index (χ1v) is 6.28. The van der Waals surface area contributed by atoms with Crippen LogP contribution in [0.4, 0.5) is 8.78 Å². The van der Waals surface area contributed by atoms with E-state index in [4.69, 9.17) is 0 Å². The number of hydrogen-bond donors (Lipinski definition) is 0. The number of halogens is 3. The van der Waals surface area contributed by atoms with Crippen LogP contribution in [0, 0.1) is 11.6 Å². The van der Waals surface area contributed by atoms with E-state index in [-0.39, 0.29) is 0 Å². The Bertz CT molecular complexity index is 272. The van der Waals surface area contributed by atoms with Crippen molar-refractivity contribution in [3.05, 3.63) is 35.4 Å². The maximum absolute atomic E-state index is 12.6. The van der Waals surface area contributed by atoms with Crippen LogP contribution in [0.1, 0.15) is 38.7 Å². The van der Waals surface area contributed by atoms with E-state index in [0.29, 0.717) is 10.9 Å². The van der Waals surface area contributed by atoms with Crippen LogP contribution < -0.4 is 0 Å². The Hall–Kier alpha value is -0.440. The molecule has 0 N–H and O–H groups in total. The summed E-state index contributed by atoms with van der Waals surface area (Å²) in [5.74, 6) is -1.56. The standard InChI is InChI=1S/C7H5BrF2.C5H12/c8-4-5-2-1-3-6(9)7(5)10;1-3-5-4-2/h1-3H,4H2;3-5H2,1-2H3.